The fourth-order valence-electron chi connectivity index (χ4n) is 1.24. The second kappa shape index (κ2) is 5.61. The number of ether oxygens (including phenoxy) is 1. The molecule has 8 nitrogen and oxygen atoms in total. The van der Waals surface area contributed by atoms with Crippen LogP contribution in [0.4, 0.5) is 5.82 Å². The number of carbonyl (C=O) groups excluding carboxylic acids is 1. The van der Waals surface area contributed by atoms with E-state index in [0.29, 0.717) is 18.1 Å². The minimum absolute atomic E-state index is 0.143. The Morgan fingerprint density at radius 1 is 1.53 bits per heavy atom. The molecule has 1 N–H and O–H groups in total. The average Bonchev–Trinajstić information content (AvgIpc) is 2.78. The Labute approximate surface area is 113 Å². The molecule has 0 unspecified atom stereocenters. The van der Waals surface area contributed by atoms with E-state index in [1.807, 2.05) is 0 Å². The largest absolute Gasteiger partial charge is 0.461 e. The van der Waals surface area contributed by atoms with E-state index in [-0.39, 0.29) is 11.0 Å². The van der Waals surface area contributed by atoms with Crippen LogP contribution in [0.15, 0.2) is 17.2 Å². The van der Waals surface area contributed by atoms with Gasteiger partial charge in [0.05, 0.1) is 6.61 Å². The number of nitrogens with zero attached hydrogens (tertiary/aromatic N) is 5. The molecular formula is C10H11ClN6O2. The number of anilines is 1. The summed E-state index contributed by atoms with van der Waals surface area (Å²) in [5, 5.41) is 15.6. The Morgan fingerprint density at radius 3 is 3.05 bits per heavy atom. The summed E-state index contributed by atoms with van der Waals surface area (Å²) < 4.78 is 6.14. The van der Waals surface area contributed by atoms with E-state index in [1.165, 1.54) is 11.4 Å². The first-order valence-corrected chi connectivity index (χ1v) is 5.85. The predicted molar refractivity (Wildman–Crippen MR) is 69.2 cm³/mol. The van der Waals surface area contributed by atoms with Crippen molar-refractivity contribution in [1.29, 1.82) is 0 Å². The van der Waals surface area contributed by atoms with E-state index in [9.17, 15) is 4.79 Å². The van der Waals surface area contributed by atoms with Crippen LogP contribution in [0.2, 0.25) is 5.28 Å². The van der Waals surface area contributed by atoms with Crippen LogP contribution in [-0.4, -0.2) is 38.1 Å². The van der Waals surface area contributed by atoms with Crippen LogP contribution >= 0.6 is 11.6 Å². The molecule has 0 saturated carbocycles. The van der Waals surface area contributed by atoms with Gasteiger partial charge >= 0.3 is 5.97 Å². The van der Waals surface area contributed by atoms with Crippen LogP contribution in [0.25, 0.3) is 5.65 Å². The van der Waals surface area contributed by atoms with Gasteiger partial charge in [0.25, 0.3) is 0 Å². The molecule has 0 saturated heterocycles. The van der Waals surface area contributed by atoms with Gasteiger partial charge in [-0.05, 0) is 37.6 Å². The Bertz CT molecular complexity index is 638. The van der Waals surface area contributed by atoms with E-state index >= 15 is 0 Å². The van der Waals surface area contributed by atoms with E-state index in [0.717, 1.165) is 0 Å². The van der Waals surface area contributed by atoms with Gasteiger partial charge in [-0.15, -0.1) is 15.3 Å². The van der Waals surface area contributed by atoms with Gasteiger partial charge < -0.3 is 4.74 Å². The number of hydrogen-bond acceptors (Lipinski definition) is 7. The summed E-state index contributed by atoms with van der Waals surface area (Å²) in [5.74, 6) is -0.0868. The number of hydrogen-bond donors (Lipinski definition) is 1. The Hall–Kier alpha value is -2.22. The molecule has 0 aliphatic rings. The molecule has 0 aliphatic heterocycles. The number of esters is 1. The average molecular weight is 283 g/mol. The third-order valence-corrected chi connectivity index (χ3v) is 2.37. The molecule has 2 heterocycles. The number of rotatable bonds is 4. The molecule has 2 rings (SSSR count). The summed E-state index contributed by atoms with van der Waals surface area (Å²) in [5.41, 5.74) is 3.34. The lowest BCUT2D eigenvalue weighted by molar-refractivity contribution is -0.135. The van der Waals surface area contributed by atoms with Crippen LogP contribution in [-0.2, 0) is 9.53 Å². The maximum absolute atomic E-state index is 11.3. The highest BCUT2D eigenvalue weighted by Gasteiger charge is 2.07. The lowest BCUT2D eigenvalue weighted by Gasteiger charge is -2.02. The van der Waals surface area contributed by atoms with Gasteiger partial charge in [0.2, 0.25) is 5.28 Å². The van der Waals surface area contributed by atoms with Crippen LogP contribution in [0.3, 0.4) is 0 Å². The molecule has 2 aromatic heterocycles. The molecule has 100 valence electrons. The maximum Gasteiger partial charge on any atom is 0.354 e. The van der Waals surface area contributed by atoms with E-state index in [1.54, 1.807) is 19.1 Å². The smallest absolute Gasteiger partial charge is 0.354 e. The van der Waals surface area contributed by atoms with Crippen molar-refractivity contribution in [3.05, 3.63) is 17.4 Å². The maximum atomic E-state index is 11.3. The SMILES string of the molecule is CCOC(=O)/C(C)=N/Nc1ccc2nnc(Cl)n2n1. The first-order valence-electron chi connectivity index (χ1n) is 5.47. The molecule has 2 aromatic rings. The number of nitrogens with one attached hydrogen (secondary N) is 1. The normalized spacial score (nSPS) is 11.6. The second-order valence-corrected chi connectivity index (χ2v) is 3.83. The summed E-state index contributed by atoms with van der Waals surface area (Å²) in [4.78, 5) is 11.3. The Kier molecular flexibility index (Phi) is 3.91. The van der Waals surface area contributed by atoms with Gasteiger partial charge in [-0.25, -0.2) is 4.79 Å². The second-order valence-electron chi connectivity index (χ2n) is 3.49. The van der Waals surface area contributed by atoms with Gasteiger partial charge in [0, 0.05) is 0 Å². The molecule has 0 radical (unpaired) electrons. The third kappa shape index (κ3) is 2.97. The number of hydrazone groups is 1. The van der Waals surface area contributed by atoms with Crippen molar-refractivity contribution >= 4 is 34.7 Å². The van der Waals surface area contributed by atoms with Crippen LogP contribution in [0, 0.1) is 0 Å². The van der Waals surface area contributed by atoms with Gasteiger partial charge in [0.1, 0.15) is 5.71 Å². The van der Waals surface area contributed by atoms with E-state index in [4.69, 9.17) is 16.3 Å². The number of fused-ring (bicyclic) bond motifs is 1. The number of halogens is 1. The zero-order valence-electron chi connectivity index (χ0n) is 10.3. The molecule has 0 amide bonds. The van der Waals surface area contributed by atoms with E-state index in [2.05, 4.69) is 25.8 Å². The number of carbonyl (C=O) groups is 1. The molecule has 0 aliphatic carbocycles. The molecule has 0 aromatic carbocycles. The minimum atomic E-state index is -0.488. The lowest BCUT2D eigenvalue weighted by Crippen LogP contribution is -2.15. The van der Waals surface area contributed by atoms with Crippen molar-refractivity contribution in [2.24, 2.45) is 5.10 Å². The zero-order valence-corrected chi connectivity index (χ0v) is 11.0. The fourth-order valence-corrected chi connectivity index (χ4v) is 1.41. The molecule has 0 spiro atoms. The Morgan fingerprint density at radius 2 is 2.32 bits per heavy atom. The van der Waals surface area contributed by atoms with Crippen LogP contribution < -0.4 is 5.43 Å². The quantitative estimate of drug-likeness (QED) is 0.513. The molecule has 19 heavy (non-hydrogen) atoms. The summed E-state index contributed by atoms with van der Waals surface area (Å²) in [7, 11) is 0. The van der Waals surface area contributed by atoms with Crippen LogP contribution in [0.5, 0.6) is 0 Å². The molecule has 9 heteroatoms. The highest BCUT2D eigenvalue weighted by molar-refractivity contribution is 6.35. The van der Waals surface area contributed by atoms with Crippen molar-refractivity contribution in [2.45, 2.75) is 13.8 Å². The first kappa shape index (κ1) is 13.2. The van der Waals surface area contributed by atoms with Gasteiger partial charge in [-0.1, -0.05) is 0 Å². The van der Waals surface area contributed by atoms with Crippen molar-refractivity contribution < 1.29 is 9.53 Å². The van der Waals surface area contributed by atoms with Gasteiger partial charge in [-0.3, -0.25) is 5.43 Å². The van der Waals surface area contributed by atoms with Gasteiger partial charge in [-0.2, -0.15) is 9.62 Å². The van der Waals surface area contributed by atoms with Crippen molar-refractivity contribution in [3.63, 3.8) is 0 Å². The topological polar surface area (TPSA) is 93.8 Å². The summed E-state index contributed by atoms with van der Waals surface area (Å²) in [6.07, 6.45) is 0. The lowest BCUT2D eigenvalue weighted by atomic mass is 10.4. The molecule has 0 bridgehead atoms. The molecule has 0 atom stereocenters. The van der Waals surface area contributed by atoms with Gasteiger partial charge in [0.15, 0.2) is 11.5 Å². The fraction of sp³-hybridized carbons (Fsp3) is 0.300. The third-order valence-electron chi connectivity index (χ3n) is 2.13. The molecule has 0 fully saturated rings. The monoisotopic (exact) mass is 282 g/mol. The number of aromatic nitrogens is 4. The predicted octanol–water partition coefficient (Wildman–Crippen LogP) is 1.13. The highest BCUT2D eigenvalue weighted by atomic mass is 35.5. The summed E-state index contributed by atoms with van der Waals surface area (Å²) in [6, 6.07) is 3.31. The molecular weight excluding hydrogens is 272 g/mol. The van der Waals surface area contributed by atoms with Crippen molar-refractivity contribution in [3.8, 4) is 0 Å². The standard InChI is InChI=1S/C10H11ClN6O2/c1-3-19-9(18)6(2)12-13-7-4-5-8-14-15-10(11)17(8)16-7/h4-5H,3H2,1-2H3,(H,13,16)/b12-6+. The first-order chi connectivity index (χ1) is 9.11. The van der Waals surface area contributed by atoms with Crippen LogP contribution in [0.1, 0.15) is 13.8 Å². The Balaban J connectivity index is 2.15. The van der Waals surface area contributed by atoms with Crippen molar-refractivity contribution in [2.75, 3.05) is 12.0 Å². The minimum Gasteiger partial charge on any atom is -0.461 e. The summed E-state index contributed by atoms with van der Waals surface area (Å²) >= 11 is 5.79. The zero-order chi connectivity index (χ0) is 13.8. The van der Waals surface area contributed by atoms with E-state index < -0.39 is 5.97 Å². The highest BCUT2D eigenvalue weighted by Crippen LogP contribution is 2.10. The summed E-state index contributed by atoms with van der Waals surface area (Å²) in [6.45, 7) is 3.56. The van der Waals surface area contributed by atoms with Crippen molar-refractivity contribution in [1.82, 2.24) is 19.8 Å².